The third-order valence-corrected chi connectivity index (χ3v) is 5.18. The second kappa shape index (κ2) is 6.86. The first-order chi connectivity index (χ1) is 8.93. The normalized spacial score (nSPS) is 13.7. The van der Waals surface area contributed by atoms with E-state index >= 15 is 0 Å². The Balaban J connectivity index is 3.07. The van der Waals surface area contributed by atoms with E-state index in [1.807, 2.05) is 20.8 Å². The van der Waals surface area contributed by atoms with Gasteiger partial charge in [-0.1, -0.05) is 20.3 Å². The standard InChI is InChI=1S/C13H23N3O2S/c1-4-6-9-16(11(3)5-2)19(17,18)12-7-8-13(14)15-10-12/h7-8,10-11H,4-6,9H2,1-3H3,(H2,14,15). The van der Waals surface area contributed by atoms with E-state index in [2.05, 4.69) is 4.98 Å². The van der Waals surface area contributed by atoms with Gasteiger partial charge in [-0.3, -0.25) is 0 Å². The fourth-order valence-corrected chi connectivity index (χ4v) is 3.46. The number of pyridine rings is 1. The van der Waals surface area contributed by atoms with Gasteiger partial charge in [-0.2, -0.15) is 4.31 Å². The van der Waals surface area contributed by atoms with Gasteiger partial charge in [0.25, 0.3) is 0 Å². The number of hydrogen-bond acceptors (Lipinski definition) is 4. The first kappa shape index (κ1) is 15.9. The SMILES string of the molecule is CCCCN(C(C)CC)S(=O)(=O)c1ccc(N)nc1. The summed E-state index contributed by atoms with van der Waals surface area (Å²) in [7, 11) is -3.49. The maximum absolute atomic E-state index is 12.6. The van der Waals surface area contributed by atoms with Crippen molar-refractivity contribution in [3.63, 3.8) is 0 Å². The molecule has 1 atom stereocenters. The summed E-state index contributed by atoms with van der Waals surface area (Å²) in [6.07, 6.45) is 3.92. The second-order valence-corrected chi connectivity index (χ2v) is 6.54. The van der Waals surface area contributed by atoms with Crippen LogP contribution in [0.4, 0.5) is 5.82 Å². The van der Waals surface area contributed by atoms with Crippen LogP contribution in [0.1, 0.15) is 40.0 Å². The van der Waals surface area contributed by atoms with Crippen molar-refractivity contribution in [1.29, 1.82) is 0 Å². The van der Waals surface area contributed by atoms with Crippen LogP contribution in [0.2, 0.25) is 0 Å². The molecule has 0 amide bonds. The zero-order chi connectivity index (χ0) is 14.5. The van der Waals surface area contributed by atoms with Crippen LogP contribution in [-0.2, 0) is 10.0 Å². The van der Waals surface area contributed by atoms with Gasteiger partial charge in [0.05, 0.1) is 0 Å². The summed E-state index contributed by atoms with van der Waals surface area (Å²) in [5.41, 5.74) is 5.49. The van der Waals surface area contributed by atoms with Crippen molar-refractivity contribution in [3.05, 3.63) is 18.3 Å². The van der Waals surface area contributed by atoms with E-state index in [0.29, 0.717) is 12.4 Å². The zero-order valence-electron chi connectivity index (χ0n) is 11.8. The first-order valence-electron chi connectivity index (χ1n) is 6.66. The van der Waals surface area contributed by atoms with E-state index in [1.165, 1.54) is 18.3 Å². The monoisotopic (exact) mass is 285 g/mol. The van der Waals surface area contributed by atoms with Crippen LogP contribution in [0.5, 0.6) is 0 Å². The molecule has 0 spiro atoms. The molecule has 2 N–H and O–H groups in total. The number of nitrogens with zero attached hydrogens (tertiary/aromatic N) is 2. The Morgan fingerprint density at radius 1 is 1.37 bits per heavy atom. The van der Waals surface area contributed by atoms with Gasteiger partial charge >= 0.3 is 0 Å². The maximum atomic E-state index is 12.6. The lowest BCUT2D eigenvalue weighted by molar-refractivity contribution is 0.324. The van der Waals surface area contributed by atoms with Gasteiger partial charge in [0.15, 0.2) is 0 Å². The summed E-state index contributed by atoms with van der Waals surface area (Å²) < 4.78 is 26.7. The number of rotatable bonds is 7. The van der Waals surface area contributed by atoms with Gasteiger partial charge in [-0.15, -0.1) is 0 Å². The van der Waals surface area contributed by atoms with Crippen molar-refractivity contribution >= 4 is 15.8 Å². The highest BCUT2D eigenvalue weighted by atomic mass is 32.2. The molecule has 108 valence electrons. The Hall–Kier alpha value is -1.14. The third-order valence-electron chi connectivity index (χ3n) is 3.18. The van der Waals surface area contributed by atoms with Gasteiger partial charge in [-0.25, -0.2) is 13.4 Å². The number of hydrogen-bond donors (Lipinski definition) is 1. The highest BCUT2D eigenvalue weighted by Crippen LogP contribution is 2.20. The second-order valence-electron chi connectivity index (χ2n) is 4.65. The van der Waals surface area contributed by atoms with Crippen molar-refractivity contribution in [2.45, 2.75) is 51.0 Å². The molecule has 1 unspecified atom stereocenters. The fraction of sp³-hybridized carbons (Fsp3) is 0.615. The average Bonchev–Trinajstić information content (AvgIpc) is 2.39. The third kappa shape index (κ3) is 3.91. The molecule has 0 bridgehead atoms. The van der Waals surface area contributed by atoms with E-state index in [9.17, 15) is 8.42 Å². The molecule has 0 fully saturated rings. The lowest BCUT2D eigenvalue weighted by Crippen LogP contribution is -2.39. The molecule has 0 aliphatic rings. The smallest absolute Gasteiger partial charge is 0.244 e. The molecule has 6 heteroatoms. The van der Waals surface area contributed by atoms with Crippen molar-refractivity contribution in [1.82, 2.24) is 9.29 Å². The summed E-state index contributed by atoms with van der Waals surface area (Å²) in [6, 6.07) is 3.01. The van der Waals surface area contributed by atoms with E-state index in [4.69, 9.17) is 5.73 Å². The molecule has 1 rings (SSSR count). The van der Waals surface area contributed by atoms with Gasteiger partial charge in [0.1, 0.15) is 10.7 Å². The summed E-state index contributed by atoms with van der Waals surface area (Å²) in [5.74, 6) is 0.322. The summed E-state index contributed by atoms with van der Waals surface area (Å²) >= 11 is 0. The van der Waals surface area contributed by atoms with E-state index in [0.717, 1.165) is 19.3 Å². The topological polar surface area (TPSA) is 76.3 Å². The van der Waals surface area contributed by atoms with Crippen molar-refractivity contribution in [3.8, 4) is 0 Å². The van der Waals surface area contributed by atoms with Gasteiger partial charge in [0.2, 0.25) is 10.0 Å². The molecule has 0 aliphatic carbocycles. The van der Waals surface area contributed by atoms with Crippen LogP contribution in [-0.4, -0.2) is 30.3 Å². The summed E-state index contributed by atoms with van der Waals surface area (Å²) in [4.78, 5) is 4.07. The number of sulfonamides is 1. The first-order valence-corrected chi connectivity index (χ1v) is 8.10. The van der Waals surface area contributed by atoms with Crippen LogP contribution in [0.25, 0.3) is 0 Å². The molecule has 1 heterocycles. The lowest BCUT2D eigenvalue weighted by atomic mass is 10.2. The van der Waals surface area contributed by atoms with E-state index < -0.39 is 10.0 Å². The largest absolute Gasteiger partial charge is 0.384 e. The van der Waals surface area contributed by atoms with Crippen LogP contribution in [0.3, 0.4) is 0 Å². The predicted molar refractivity (Wildman–Crippen MR) is 77.2 cm³/mol. The Bertz CT molecular complexity index is 485. The van der Waals surface area contributed by atoms with Gasteiger partial charge in [0, 0.05) is 18.8 Å². The minimum absolute atomic E-state index is 0.0193. The molecule has 19 heavy (non-hydrogen) atoms. The fourth-order valence-electron chi connectivity index (χ4n) is 1.77. The number of aromatic nitrogens is 1. The summed E-state index contributed by atoms with van der Waals surface area (Å²) in [5, 5.41) is 0. The molecule has 0 saturated carbocycles. The van der Waals surface area contributed by atoms with Crippen molar-refractivity contribution in [2.24, 2.45) is 0 Å². The van der Waals surface area contributed by atoms with Crippen molar-refractivity contribution < 1.29 is 8.42 Å². The van der Waals surface area contributed by atoms with Crippen molar-refractivity contribution in [2.75, 3.05) is 12.3 Å². The number of nitrogen functional groups attached to an aromatic ring is 1. The summed E-state index contributed by atoms with van der Waals surface area (Å²) in [6.45, 7) is 6.50. The Morgan fingerprint density at radius 3 is 2.53 bits per heavy atom. The van der Waals surface area contributed by atoms with Gasteiger partial charge < -0.3 is 5.73 Å². The number of anilines is 1. The highest BCUT2D eigenvalue weighted by molar-refractivity contribution is 7.89. The predicted octanol–water partition coefficient (Wildman–Crippen LogP) is 2.25. The average molecular weight is 285 g/mol. The molecule has 0 aliphatic heterocycles. The quantitative estimate of drug-likeness (QED) is 0.833. The Labute approximate surface area is 115 Å². The zero-order valence-corrected chi connectivity index (χ0v) is 12.7. The molecule has 5 nitrogen and oxygen atoms in total. The number of nitrogens with two attached hydrogens (primary N) is 1. The van der Waals surface area contributed by atoms with E-state index in [-0.39, 0.29) is 10.9 Å². The minimum Gasteiger partial charge on any atom is -0.384 e. The highest BCUT2D eigenvalue weighted by Gasteiger charge is 2.27. The Kier molecular flexibility index (Phi) is 5.75. The van der Waals surface area contributed by atoms with Crippen LogP contribution >= 0.6 is 0 Å². The Morgan fingerprint density at radius 2 is 2.05 bits per heavy atom. The molecule has 1 aromatic heterocycles. The van der Waals surface area contributed by atoms with Gasteiger partial charge in [-0.05, 0) is 31.9 Å². The molecule has 0 saturated heterocycles. The molecule has 1 aromatic rings. The maximum Gasteiger partial charge on any atom is 0.244 e. The molecule has 0 aromatic carbocycles. The minimum atomic E-state index is -3.49. The molecular weight excluding hydrogens is 262 g/mol. The molecular formula is C13H23N3O2S. The van der Waals surface area contributed by atoms with Crippen LogP contribution < -0.4 is 5.73 Å². The molecule has 0 radical (unpaired) electrons. The van der Waals surface area contributed by atoms with Crippen LogP contribution in [0, 0.1) is 0 Å². The number of unbranched alkanes of at least 4 members (excludes halogenated alkanes) is 1. The van der Waals surface area contributed by atoms with E-state index in [1.54, 1.807) is 4.31 Å². The lowest BCUT2D eigenvalue weighted by Gasteiger charge is -2.27. The van der Waals surface area contributed by atoms with Crippen LogP contribution in [0.15, 0.2) is 23.2 Å².